The number of benzene rings is 1. The summed E-state index contributed by atoms with van der Waals surface area (Å²) in [5, 5.41) is 2.99. The molecule has 0 aliphatic heterocycles. The molecule has 3 N–H and O–H groups in total. The van der Waals surface area contributed by atoms with Crippen LogP contribution in [0.3, 0.4) is 0 Å². The van der Waals surface area contributed by atoms with E-state index < -0.39 is 0 Å². The summed E-state index contributed by atoms with van der Waals surface area (Å²) in [6, 6.07) is 6.13. The minimum atomic E-state index is 0. The molecule has 1 amide bonds. The molecule has 0 aromatic heterocycles. The van der Waals surface area contributed by atoms with Crippen LogP contribution in [0.4, 0.5) is 0 Å². The van der Waals surface area contributed by atoms with Gasteiger partial charge in [0.2, 0.25) is 5.91 Å². The van der Waals surface area contributed by atoms with Gasteiger partial charge in [0.25, 0.3) is 0 Å². The molecule has 0 aliphatic carbocycles. The highest BCUT2D eigenvalue weighted by Crippen LogP contribution is 2.16. The van der Waals surface area contributed by atoms with Crippen molar-refractivity contribution in [1.29, 1.82) is 0 Å². The number of carbonyl (C=O) groups is 1. The molecule has 1 aromatic rings. The molecule has 0 heterocycles. The topological polar surface area (TPSA) is 64.3 Å². The minimum Gasteiger partial charge on any atom is -0.494 e. The average Bonchev–Trinajstić information content (AvgIpc) is 2.46. The van der Waals surface area contributed by atoms with E-state index in [9.17, 15) is 4.79 Å². The molecule has 4 nitrogen and oxygen atoms in total. The smallest absolute Gasteiger partial charge is 0.220 e. The Labute approximate surface area is 146 Å². The lowest BCUT2D eigenvalue weighted by Gasteiger charge is -2.18. The SMILES string of the molecule is Cc1ccc(OCCCC(=O)NC(CN)CC(C)C)cc1C.Cl. The summed E-state index contributed by atoms with van der Waals surface area (Å²) < 4.78 is 5.68. The zero-order valence-electron chi connectivity index (χ0n) is 14.7. The van der Waals surface area contributed by atoms with Gasteiger partial charge in [0.15, 0.2) is 0 Å². The van der Waals surface area contributed by atoms with Crippen molar-refractivity contribution >= 4 is 18.3 Å². The third-order valence-electron chi connectivity index (χ3n) is 3.70. The second-order valence-corrected chi connectivity index (χ2v) is 6.33. The van der Waals surface area contributed by atoms with Crippen molar-refractivity contribution in [3.63, 3.8) is 0 Å². The summed E-state index contributed by atoms with van der Waals surface area (Å²) in [6.45, 7) is 9.45. The van der Waals surface area contributed by atoms with E-state index >= 15 is 0 Å². The second kappa shape index (κ2) is 11.3. The first-order chi connectivity index (χ1) is 10.4. The number of amides is 1. The number of hydrogen-bond acceptors (Lipinski definition) is 3. The molecule has 0 saturated carbocycles. The number of nitrogens with one attached hydrogen (secondary N) is 1. The molecule has 1 rings (SSSR count). The number of hydrogen-bond donors (Lipinski definition) is 2. The number of rotatable bonds is 9. The van der Waals surface area contributed by atoms with Crippen LogP contribution in [-0.4, -0.2) is 25.1 Å². The number of halogens is 1. The van der Waals surface area contributed by atoms with Crippen LogP contribution in [0.25, 0.3) is 0 Å². The lowest BCUT2D eigenvalue weighted by molar-refractivity contribution is -0.122. The Hall–Kier alpha value is -1.26. The highest BCUT2D eigenvalue weighted by molar-refractivity contribution is 5.85. The van der Waals surface area contributed by atoms with Gasteiger partial charge in [-0.15, -0.1) is 12.4 Å². The Balaban J connectivity index is 0.00000484. The van der Waals surface area contributed by atoms with Gasteiger partial charge in [-0.3, -0.25) is 4.79 Å². The molecule has 0 bridgehead atoms. The van der Waals surface area contributed by atoms with Gasteiger partial charge in [0, 0.05) is 19.0 Å². The largest absolute Gasteiger partial charge is 0.494 e. The van der Waals surface area contributed by atoms with Gasteiger partial charge in [-0.1, -0.05) is 19.9 Å². The van der Waals surface area contributed by atoms with Gasteiger partial charge in [-0.25, -0.2) is 0 Å². The van der Waals surface area contributed by atoms with Gasteiger partial charge < -0.3 is 15.8 Å². The summed E-state index contributed by atoms with van der Waals surface area (Å²) in [4.78, 5) is 11.9. The predicted molar refractivity (Wildman–Crippen MR) is 98.3 cm³/mol. The van der Waals surface area contributed by atoms with Gasteiger partial charge in [-0.2, -0.15) is 0 Å². The first-order valence-electron chi connectivity index (χ1n) is 8.11. The standard InChI is InChI=1S/C18H30N2O2.ClH/c1-13(2)10-16(12-19)20-18(21)6-5-9-22-17-8-7-14(3)15(4)11-17;/h7-8,11,13,16H,5-6,9-10,12,19H2,1-4H3,(H,20,21);1H. The van der Waals surface area contributed by atoms with E-state index in [1.54, 1.807) is 0 Å². The first kappa shape index (κ1) is 21.7. The summed E-state index contributed by atoms with van der Waals surface area (Å²) in [6.07, 6.45) is 2.10. The number of nitrogens with two attached hydrogens (primary N) is 1. The number of carbonyl (C=O) groups excluding carboxylic acids is 1. The van der Waals surface area contributed by atoms with E-state index in [2.05, 4.69) is 39.1 Å². The fourth-order valence-corrected chi connectivity index (χ4v) is 2.31. The molecule has 132 valence electrons. The molecule has 5 heteroatoms. The molecule has 0 aliphatic rings. The van der Waals surface area contributed by atoms with E-state index in [1.807, 2.05) is 12.1 Å². The zero-order valence-corrected chi connectivity index (χ0v) is 15.5. The molecule has 1 unspecified atom stereocenters. The highest BCUT2D eigenvalue weighted by Gasteiger charge is 2.12. The van der Waals surface area contributed by atoms with E-state index in [0.717, 1.165) is 12.2 Å². The summed E-state index contributed by atoms with van der Waals surface area (Å²) in [7, 11) is 0. The molecule has 1 atom stereocenters. The Bertz CT molecular complexity index is 478. The first-order valence-corrected chi connectivity index (χ1v) is 8.11. The quantitative estimate of drug-likeness (QED) is 0.676. The third kappa shape index (κ3) is 8.82. The minimum absolute atomic E-state index is 0. The summed E-state index contributed by atoms with van der Waals surface area (Å²) >= 11 is 0. The molecular formula is C18H31ClN2O2. The van der Waals surface area contributed by atoms with Crippen LogP contribution >= 0.6 is 12.4 Å². The molecule has 0 radical (unpaired) electrons. The van der Waals surface area contributed by atoms with Crippen molar-refractivity contribution in [1.82, 2.24) is 5.32 Å². The van der Waals surface area contributed by atoms with Crippen molar-refractivity contribution in [3.8, 4) is 5.75 Å². The van der Waals surface area contributed by atoms with Crippen LogP contribution in [-0.2, 0) is 4.79 Å². The number of aryl methyl sites for hydroxylation is 2. The molecule has 0 saturated heterocycles. The Morgan fingerprint density at radius 3 is 2.52 bits per heavy atom. The van der Waals surface area contributed by atoms with Crippen LogP contribution in [0.5, 0.6) is 5.75 Å². The zero-order chi connectivity index (χ0) is 16.5. The Kier molecular flexibility index (Phi) is 10.7. The van der Waals surface area contributed by atoms with Gasteiger partial charge in [0.1, 0.15) is 5.75 Å². The summed E-state index contributed by atoms with van der Waals surface area (Å²) in [5.41, 5.74) is 8.16. The monoisotopic (exact) mass is 342 g/mol. The average molecular weight is 343 g/mol. The van der Waals surface area contributed by atoms with Gasteiger partial charge in [0.05, 0.1) is 6.61 Å². The van der Waals surface area contributed by atoms with Crippen LogP contribution in [0.2, 0.25) is 0 Å². The molecule has 0 spiro atoms. The highest BCUT2D eigenvalue weighted by atomic mass is 35.5. The number of ether oxygens (including phenoxy) is 1. The fourth-order valence-electron chi connectivity index (χ4n) is 2.31. The van der Waals surface area contributed by atoms with Gasteiger partial charge >= 0.3 is 0 Å². The lowest BCUT2D eigenvalue weighted by Crippen LogP contribution is -2.41. The maximum absolute atomic E-state index is 11.9. The van der Waals surface area contributed by atoms with Crippen molar-refractivity contribution < 1.29 is 9.53 Å². The van der Waals surface area contributed by atoms with Crippen LogP contribution in [0, 0.1) is 19.8 Å². The van der Waals surface area contributed by atoms with E-state index in [0.29, 0.717) is 31.9 Å². The molecule has 1 aromatic carbocycles. The van der Waals surface area contributed by atoms with Crippen LogP contribution < -0.4 is 15.8 Å². The maximum Gasteiger partial charge on any atom is 0.220 e. The maximum atomic E-state index is 11.9. The van der Waals surface area contributed by atoms with Crippen molar-refractivity contribution in [2.45, 2.75) is 53.0 Å². The Morgan fingerprint density at radius 1 is 1.26 bits per heavy atom. The van der Waals surface area contributed by atoms with Crippen molar-refractivity contribution in [2.75, 3.05) is 13.2 Å². The molecule has 0 fully saturated rings. The van der Waals surface area contributed by atoms with Crippen LogP contribution in [0.15, 0.2) is 18.2 Å². The van der Waals surface area contributed by atoms with Gasteiger partial charge in [-0.05, 0) is 55.9 Å². The van der Waals surface area contributed by atoms with E-state index in [-0.39, 0.29) is 24.4 Å². The second-order valence-electron chi connectivity index (χ2n) is 6.33. The van der Waals surface area contributed by atoms with E-state index in [4.69, 9.17) is 10.5 Å². The van der Waals surface area contributed by atoms with E-state index in [1.165, 1.54) is 11.1 Å². The van der Waals surface area contributed by atoms with Crippen LogP contribution in [0.1, 0.15) is 44.2 Å². The predicted octanol–water partition coefficient (Wildman–Crippen LogP) is 3.37. The lowest BCUT2D eigenvalue weighted by atomic mass is 10.0. The van der Waals surface area contributed by atoms with Crippen molar-refractivity contribution in [2.24, 2.45) is 11.7 Å². The normalized spacial score (nSPS) is 11.7. The Morgan fingerprint density at radius 2 is 1.96 bits per heavy atom. The van der Waals surface area contributed by atoms with Crippen molar-refractivity contribution in [3.05, 3.63) is 29.3 Å². The summed E-state index contributed by atoms with van der Waals surface area (Å²) in [5.74, 6) is 1.45. The third-order valence-corrected chi connectivity index (χ3v) is 3.70. The fraction of sp³-hybridized carbons (Fsp3) is 0.611. The molecular weight excluding hydrogens is 312 g/mol. The molecule has 23 heavy (non-hydrogen) atoms.